The lowest BCUT2D eigenvalue weighted by Crippen LogP contribution is -2.58. The molecule has 0 radical (unpaired) electrons. The number of rotatable bonds is 4. The molecule has 2 aliphatic heterocycles. The first kappa shape index (κ1) is 25.2. The molecule has 2 saturated heterocycles. The zero-order valence-electron chi connectivity index (χ0n) is 18.3. The number of halogens is 1. The molecule has 0 bridgehead atoms. The summed E-state index contributed by atoms with van der Waals surface area (Å²) in [7, 11) is 0.339. The molecule has 0 aromatic heterocycles. The van der Waals surface area contributed by atoms with Crippen molar-refractivity contribution in [2.75, 3.05) is 52.8 Å². The lowest BCUT2D eigenvalue weighted by molar-refractivity contribution is 0.0511. The Hall–Kier alpha value is -1.07. The van der Waals surface area contributed by atoms with Gasteiger partial charge in [0.2, 0.25) is 0 Å². The van der Waals surface area contributed by atoms with Gasteiger partial charge >= 0.3 is 0 Å². The average molecular weight is 551 g/mol. The molecule has 1 N–H and O–H groups in total. The second-order valence-electron chi connectivity index (χ2n) is 8.52. The van der Waals surface area contributed by atoms with Crippen LogP contribution < -0.4 is 10.1 Å². The molecule has 2 heterocycles. The first-order valence-electron chi connectivity index (χ1n) is 10.1. The molecule has 0 unspecified atom stereocenters. The van der Waals surface area contributed by atoms with Crippen molar-refractivity contribution in [2.24, 2.45) is 4.99 Å². The molecule has 3 rings (SSSR count). The number of guanidine groups is 1. The van der Waals surface area contributed by atoms with E-state index in [1.807, 2.05) is 12.1 Å². The number of hydrogen-bond acceptors (Lipinski definition) is 5. The van der Waals surface area contributed by atoms with Crippen LogP contribution >= 0.6 is 24.0 Å². The third kappa shape index (κ3) is 5.21. The summed E-state index contributed by atoms with van der Waals surface area (Å²) in [5.74, 6) is 1.75. The van der Waals surface area contributed by atoms with Crippen LogP contribution in [0.15, 0.2) is 29.3 Å². The summed E-state index contributed by atoms with van der Waals surface area (Å²) in [5, 5.41) is 3.54. The number of hydrogen-bond donors (Lipinski definition) is 1. The van der Waals surface area contributed by atoms with Crippen molar-refractivity contribution in [1.82, 2.24) is 10.2 Å². The Morgan fingerprint density at radius 2 is 1.87 bits per heavy atom. The Morgan fingerprint density at radius 3 is 2.40 bits per heavy atom. The van der Waals surface area contributed by atoms with E-state index >= 15 is 0 Å². The fourth-order valence-corrected chi connectivity index (χ4v) is 5.55. The van der Waals surface area contributed by atoms with E-state index in [1.54, 1.807) is 28.0 Å². The number of ether oxygens (including phenoxy) is 2. The van der Waals surface area contributed by atoms with Gasteiger partial charge in [0.05, 0.1) is 17.6 Å². The minimum absolute atomic E-state index is 0. The maximum absolute atomic E-state index is 12.3. The molecule has 0 atom stereocenters. The Balaban J connectivity index is 0.00000320. The van der Waals surface area contributed by atoms with Crippen LogP contribution in [0.1, 0.15) is 32.3 Å². The summed E-state index contributed by atoms with van der Waals surface area (Å²) in [5.41, 5.74) is 1.20. The molecule has 1 aromatic carbocycles. The first-order valence-corrected chi connectivity index (χ1v) is 11.8. The zero-order chi connectivity index (χ0) is 21.1. The van der Waals surface area contributed by atoms with Crippen LogP contribution in [0.3, 0.4) is 0 Å². The molecule has 0 aliphatic carbocycles. The summed E-state index contributed by atoms with van der Waals surface area (Å²) in [6, 6.07) is 8.26. The van der Waals surface area contributed by atoms with Crippen LogP contribution in [-0.2, 0) is 20.0 Å². The zero-order valence-corrected chi connectivity index (χ0v) is 21.5. The number of benzene rings is 1. The Kier molecular flexibility index (Phi) is 8.43. The topological polar surface area (TPSA) is 80.2 Å². The summed E-state index contributed by atoms with van der Waals surface area (Å²) >= 11 is 0. The lowest BCUT2D eigenvalue weighted by atomic mass is 9.74. The van der Waals surface area contributed by atoms with E-state index in [0.29, 0.717) is 13.1 Å². The third-order valence-electron chi connectivity index (χ3n) is 6.29. The monoisotopic (exact) mass is 551 g/mol. The number of methoxy groups -OCH3 is 1. The van der Waals surface area contributed by atoms with E-state index in [1.165, 1.54) is 5.56 Å². The molecule has 2 aliphatic rings. The van der Waals surface area contributed by atoms with Crippen molar-refractivity contribution < 1.29 is 17.9 Å². The van der Waals surface area contributed by atoms with E-state index in [9.17, 15) is 8.42 Å². The summed E-state index contributed by atoms with van der Waals surface area (Å²) in [6.07, 6.45) is 1.84. The molecule has 2 fully saturated rings. The Bertz CT molecular complexity index is 834. The normalized spacial score (nSPS) is 22.7. The highest BCUT2D eigenvalue weighted by molar-refractivity contribution is 14.0. The largest absolute Gasteiger partial charge is 0.497 e. The smallest absolute Gasteiger partial charge is 0.193 e. The summed E-state index contributed by atoms with van der Waals surface area (Å²) < 4.78 is 34.8. The van der Waals surface area contributed by atoms with Gasteiger partial charge in [0.25, 0.3) is 0 Å². The second kappa shape index (κ2) is 10.0. The molecule has 9 heteroatoms. The van der Waals surface area contributed by atoms with Crippen molar-refractivity contribution in [3.05, 3.63) is 29.8 Å². The van der Waals surface area contributed by atoms with Gasteiger partial charge < -0.3 is 19.7 Å². The van der Waals surface area contributed by atoms with Gasteiger partial charge in [-0.05, 0) is 44.4 Å². The molecule has 30 heavy (non-hydrogen) atoms. The molecule has 0 amide bonds. The van der Waals surface area contributed by atoms with Crippen LogP contribution in [0.5, 0.6) is 5.75 Å². The standard InChI is InChI=1S/C21H33N3O4S.HI/c1-20(2)16-24(11-14-29(20,25)26)19(22-3)23-15-21(9-12-28-13-10-21)17-5-7-18(27-4)8-6-17;/h5-8H,9-16H2,1-4H3,(H,22,23);1H. The van der Waals surface area contributed by atoms with Crippen molar-refractivity contribution in [3.8, 4) is 5.75 Å². The number of nitrogens with zero attached hydrogens (tertiary/aromatic N) is 2. The lowest BCUT2D eigenvalue weighted by Gasteiger charge is -2.42. The molecule has 0 spiro atoms. The van der Waals surface area contributed by atoms with Gasteiger partial charge in [0.1, 0.15) is 5.75 Å². The van der Waals surface area contributed by atoms with Crippen LogP contribution in [-0.4, -0.2) is 76.8 Å². The summed E-state index contributed by atoms with van der Waals surface area (Å²) in [6.45, 7) is 6.65. The Labute approximate surface area is 197 Å². The molecule has 7 nitrogen and oxygen atoms in total. The number of sulfone groups is 1. The average Bonchev–Trinajstić information content (AvgIpc) is 2.72. The fraction of sp³-hybridized carbons (Fsp3) is 0.667. The minimum atomic E-state index is -3.09. The number of aliphatic imine (C=N–C) groups is 1. The molecule has 170 valence electrons. The predicted octanol–water partition coefficient (Wildman–Crippen LogP) is 2.45. The van der Waals surface area contributed by atoms with Gasteiger partial charge in [-0.15, -0.1) is 24.0 Å². The molecule has 0 saturated carbocycles. The molecular formula is C21H34IN3O4S. The van der Waals surface area contributed by atoms with Crippen LogP contribution in [0.25, 0.3) is 0 Å². The Morgan fingerprint density at radius 1 is 1.23 bits per heavy atom. The van der Waals surface area contributed by atoms with E-state index in [4.69, 9.17) is 9.47 Å². The highest BCUT2D eigenvalue weighted by Gasteiger charge is 2.41. The SMILES string of the molecule is CN=C(NCC1(c2ccc(OC)cc2)CCOCC1)N1CCS(=O)(=O)C(C)(C)C1.I. The van der Waals surface area contributed by atoms with Crippen LogP contribution in [0.4, 0.5) is 0 Å². The van der Waals surface area contributed by atoms with E-state index in [0.717, 1.165) is 44.3 Å². The molecule has 1 aromatic rings. The van der Waals surface area contributed by atoms with Gasteiger partial charge in [-0.3, -0.25) is 4.99 Å². The van der Waals surface area contributed by atoms with Crippen LogP contribution in [0, 0.1) is 0 Å². The molecular weight excluding hydrogens is 517 g/mol. The van der Waals surface area contributed by atoms with Crippen LogP contribution in [0.2, 0.25) is 0 Å². The first-order chi connectivity index (χ1) is 13.7. The third-order valence-corrected chi connectivity index (χ3v) is 8.82. The van der Waals surface area contributed by atoms with Gasteiger partial charge in [-0.1, -0.05) is 12.1 Å². The van der Waals surface area contributed by atoms with Crippen molar-refractivity contribution in [1.29, 1.82) is 0 Å². The van der Waals surface area contributed by atoms with Gasteiger partial charge in [-0.2, -0.15) is 0 Å². The van der Waals surface area contributed by atoms with Gasteiger partial charge in [0, 0.05) is 45.3 Å². The number of nitrogens with one attached hydrogen (secondary N) is 1. The quantitative estimate of drug-likeness (QED) is 0.352. The maximum atomic E-state index is 12.3. The van der Waals surface area contributed by atoms with Gasteiger partial charge in [0.15, 0.2) is 15.8 Å². The maximum Gasteiger partial charge on any atom is 0.193 e. The predicted molar refractivity (Wildman–Crippen MR) is 131 cm³/mol. The van der Waals surface area contributed by atoms with Gasteiger partial charge in [-0.25, -0.2) is 8.42 Å². The highest BCUT2D eigenvalue weighted by atomic mass is 127. The van der Waals surface area contributed by atoms with E-state index in [2.05, 4.69) is 27.3 Å². The second-order valence-corrected chi connectivity index (χ2v) is 11.3. The van der Waals surface area contributed by atoms with E-state index < -0.39 is 14.6 Å². The van der Waals surface area contributed by atoms with E-state index in [-0.39, 0.29) is 35.1 Å². The van der Waals surface area contributed by atoms with Crippen molar-refractivity contribution >= 4 is 39.8 Å². The van der Waals surface area contributed by atoms with Crippen molar-refractivity contribution in [2.45, 2.75) is 36.9 Å². The summed E-state index contributed by atoms with van der Waals surface area (Å²) in [4.78, 5) is 6.50. The fourth-order valence-electron chi connectivity index (χ4n) is 4.18. The highest BCUT2D eigenvalue weighted by Crippen LogP contribution is 2.35. The van der Waals surface area contributed by atoms with Crippen molar-refractivity contribution in [3.63, 3.8) is 0 Å². The minimum Gasteiger partial charge on any atom is -0.497 e.